The minimum absolute atomic E-state index is 0. The van der Waals surface area contributed by atoms with Gasteiger partial charge in [0.25, 0.3) is 0 Å². The number of anilines is 1. The van der Waals surface area contributed by atoms with Crippen molar-refractivity contribution in [3.05, 3.63) is 64.5 Å². The summed E-state index contributed by atoms with van der Waals surface area (Å²) >= 11 is 0. The minimum atomic E-state index is 0. The van der Waals surface area contributed by atoms with Gasteiger partial charge in [-0.15, -0.1) is 12.4 Å². The van der Waals surface area contributed by atoms with Gasteiger partial charge in [0.1, 0.15) is 0 Å². The molecule has 0 unspecified atom stereocenters. The Morgan fingerprint density at radius 1 is 1.00 bits per heavy atom. The Morgan fingerprint density at radius 2 is 1.70 bits per heavy atom. The molecule has 0 saturated heterocycles. The molecule has 4 heteroatoms. The molecule has 0 amide bonds. The molecule has 1 aromatic carbocycles. The second-order valence-electron chi connectivity index (χ2n) is 7.60. The summed E-state index contributed by atoms with van der Waals surface area (Å²) in [5.41, 5.74) is 11.8. The van der Waals surface area contributed by atoms with Crippen LogP contribution in [-0.4, -0.2) is 16.1 Å². The third kappa shape index (κ3) is 3.14. The van der Waals surface area contributed by atoms with E-state index >= 15 is 0 Å². The molecular formula is C23H28ClN3. The first-order valence-corrected chi connectivity index (χ1v) is 9.42. The van der Waals surface area contributed by atoms with Crippen LogP contribution in [0.1, 0.15) is 43.2 Å². The predicted octanol–water partition coefficient (Wildman–Crippen LogP) is 5.91. The number of fused-ring (bicyclic) bond motifs is 2. The van der Waals surface area contributed by atoms with E-state index in [2.05, 4.69) is 74.4 Å². The van der Waals surface area contributed by atoms with Gasteiger partial charge in [-0.3, -0.25) is 4.98 Å². The van der Waals surface area contributed by atoms with E-state index in [0.717, 1.165) is 25.0 Å². The molecule has 0 atom stereocenters. The average Bonchev–Trinajstić information content (AvgIpc) is 2.91. The fourth-order valence-electron chi connectivity index (χ4n) is 4.04. The smallest absolute Gasteiger partial charge is 0.0954 e. The van der Waals surface area contributed by atoms with Crippen LogP contribution in [0.25, 0.3) is 16.7 Å². The molecule has 0 aliphatic carbocycles. The number of nitrogens with zero attached hydrogens (tertiary/aromatic N) is 3. The van der Waals surface area contributed by atoms with E-state index < -0.39 is 0 Å². The van der Waals surface area contributed by atoms with Crippen molar-refractivity contribution in [1.29, 1.82) is 0 Å². The lowest BCUT2D eigenvalue weighted by Gasteiger charge is -2.31. The Kier molecular flexibility index (Phi) is 5.34. The first-order valence-electron chi connectivity index (χ1n) is 9.42. The number of halogens is 1. The van der Waals surface area contributed by atoms with Gasteiger partial charge in [-0.2, -0.15) is 0 Å². The van der Waals surface area contributed by atoms with E-state index in [4.69, 9.17) is 4.98 Å². The molecule has 0 fully saturated rings. The summed E-state index contributed by atoms with van der Waals surface area (Å²) in [6, 6.07) is 11.0. The maximum atomic E-state index is 4.73. The molecule has 0 radical (unpaired) electrons. The van der Waals surface area contributed by atoms with Gasteiger partial charge in [0.05, 0.1) is 16.7 Å². The zero-order valence-corrected chi connectivity index (χ0v) is 17.7. The third-order valence-electron chi connectivity index (χ3n) is 5.89. The summed E-state index contributed by atoms with van der Waals surface area (Å²) in [5, 5.41) is 0. The Morgan fingerprint density at radius 3 is 2.41 bits per heavy atom. The average molecular weight is 382 g/mol. The van der Waals surface area contributed by atoms with E-state index in [-0.39, 0.29) is 12.4 Å². The van der Waals surface area contributed by atoms with Crippen molar-refractivity contribution in [1.82, 2.24) is 9.55 Å². The summed E-state index contributed by atoms with van der Waals surface area (Å²) in [4.78, 5) is 7.25. The van der Waals surface area contributed by atoms with E-state index in [0.29, 0.717) is 0 Å². The quantitative estimate of drug-likeness (QED) is 0.550. The van der Waals surface area contributed by atoms with E-state index in [9.17, 15) is 0 Å². The number of aryl methyl sites for hydroxylation is 1. The molecule has 142 valence electrons. The van der Waals surface area contributed by atoms with Gasteiger partial charge in [0, 0.05) is 30.7 Å². The third-order valence-corrected chi connectivity index (χ3v) is 5.89. The first-order chi connectivity index (χ1) is 12.5. The van der Waals surface area contributed by atoms with Crippen molar-refractivity contribution >= 4 is 34.8 Å². The molecule has 1 aliphatic heterocycles. The van der Waals surface area contributed by atoms with Crippen LogP contribution in [0.4, 0.5) is 5.69 Å². The Labute approximate surface area is 168 Å². The highest BCUT2D eigenvalue weighted by molar-refractivity contribution is 5.95. The maximum Gasteiger partial charge on any atom is 0.0954 e. The SMILES string of the molecule is CC(C)=C(C)n1c(C)c(C)c2nccc(N3CCc4ccccc4C3)c21.Cl. The Balaban J connectivity index is 0.00000210. The molecule has 3 nitrogen and oxygen atoms in total. The van der Waals surface area contributed by atoms with Crippen LogP contribution in [0.3, 0.4) is 0 Å². The van der Waals surface area contributed by atoms with Gasteiger partial charge >= 0.3 is 0 Å². The number of aromatic nitrogens is 2. The standard InChI is InChI=1S/C23H27N3.ClH/c1-15(2)17(4)26-18(5)16(3)22-23(26)21(10-12-24-22)25-13-11-19-8-6-7-9-20(19)14-25;/h6-10,12H,11,13-14H2,1-5H3;1H. The molecule has 0 saturated carbocycles. The molecule has 3 aromatic rings. The molecular weight excluding hydrogens is 354 g/mol. The summed E-state index contributed by atoms with van der Waals surface area (Å²) in [5.74, 6) is 0. The van der Waals surface area contributed by atoms with Gasteiger partial charge in [0.15, 0.2) is 0 Å². The number of allylic oxidation sites excluding steroid dienone is 2. The second kappa shape index (κ2) is 7.40. The van der Waals surface area contributed by atoms with Crippen LogP contribution in [0.15, 0.2) is 42.1 Å². The number of rotatable bonds is 2. The molecule has 2 aromatic heterocycles. The minimum Gasteiger partial charge on any atom is -0.365 e. The van der Waals surface area contributed by atoms with Crippen LogP contribution in [0, 0.1) is 13.8 Å². The monoisotopic (exact) mass is 381 g/mol. The van der Waals surface area contributed by atoms with Crippen molar-refractivity contribution in [3.8, 4) is 0 Å². The lowest BCUT2D eigenvalue weighted by Crippen LogP contribution is -2.30. The van der Waals surface area contributed by atoms with Gasteiger partial charge in [-0.1, -0.05) is 29.8 Å². The van der Waals surface area contributed by atoms with E-state index in [1.54, 1.807) is 0 Å². The van der Waals surface area contributed by atoms with Crippen molar-refractivity contribution in [2.45, 2.75) is 47.6 Å². The van der Waals surface area contributed by atoms with Gasteiger partial charge in [-0.25, -0.2) is 0 Å². The zero-order chi connectivity index (χ0) is 18.4. The molecule has 3 heterocycles. The maximum absolute atomic E-state index is 4.73. The Hall–Kier alpha value is -2.26. The molecule has 4 rings (SSSR count). The summed E-state index contributed by atoms with van der Waals surface area (Å²) in [6.07, 6.45) is 3.06. The Bertz CT molecular complexity index is 1030. The molecule has 0 spiro atoms. The van der Waals surface area contributed by atoms with E-state index in [1.807, 2.05) is 6.20 Å². The van der Waals surface area contributed by atoms with Crippen LogP contribution in [0.5, 0.6) is 0 Å². The predicted molar refractivity (Wildman–Crippen MR) is 118 cm³/mol. The number of hydrogen-bond donors (Lipinski definition) is 0. The fraction of sp³-hybridized carbons (Fsp3) is 0.348. The molecule has 0 bridgehead atoms. The lowest BCUT2D eigenvalue weighted by molar-refractivity contribution is 0.732. The van der Waals surface area contributed by atoms with Crippen LogP contribution >= 0.6 is 12.4 Å². The van der Waals surface area contributed by atoms with E-state index in [1.165, 1.54) is 44.9 Å². The summed E-state index contributed by atoms with van der Waals surface area (Å²) in [6.45, 7) is 13.0. The van der Waals surface area contributed by atoms with Crippen molar-refractivity contribution in [2.75, 3.05) is 11.4 Å². The molecule has 0 N–H and O–H groups in total. The zero-order valence-electron chi connectivity index (χ0n) is 16.8. The highest BCUT2D eigenvalue weighted by Gasteiger charge is 2.22. The summed E-state index contributed by atoms with van der Waals surface area (Å²) in [7, 11) is 0. The number of hydrogen-bond acceptors (Lipinski definition) is 2. The molecule has 1 aliphatic rings. The lowest BCUT2D eigenvalue weighted by atomic mass is 9.99. The largest absolute Gasteiger partial charge is 0.365 e. The van der Waals surface area contributed by atoms with Gasteiger partial charge in [-0.05, 0) is 63.8 Å². The summed E-state index contributed by atoms with van der Waals surface area (Å²) < 4.78 is 2.41. The highest BCUT2D eigenvalue weighted by atomic mass is 35.5. The molecule has 27 heavy (non-hydrogen) atoms. The number of benzene rings is 1. The number of pyridine rings is 1. The van der Waals surface area contributed by atoms with Crippen molar-refractivity contribution in [3.63, 3.8) is 0 Å². The van der Waals surface area contributed by atoms with Crippen molar-refractivity contribution in [2.24, 2.45) is 0 Å². The van der Waals surface area contributed by atoms with Gasteiger partial charge < -0.3 is 9.47 Å². The fourth-order valence-corrected chi connectivity index (χ4v) is 4.04. The first kappa shape index (κ1) is 19.5. The second-order valence-corrected chi connectivity index (χ2v) is 7.60. The van der Waals surface area contributed by atoms with Gasteiger partial charge in [0.2, 0.25) is 0 Å². The highest BCUT2D eigenvalue weighted by Crippen LogP contribution is 2.36. The van der Waals surface area contributed by atoms with Crippen LogP contribution < -0.4 is 4.90 Å². The van der Waals surface area contributed by atoms with Crippen LogP contribution in [-0.2, 0) is 13.0 Å². The topological polar surface area (TPSA) is 21.1 Å². The normalized spacial score (nSPS) is 13.3. The van der Waals surface area contributed by atoms with Crippen molar-refractivity contribution < 1.29 is 0 Å². The van der Waals surface area contributed by atoms with Crippen LogP contribution in [0.2, 0.25) is 0 Å².